The third-order valence-corrected chi connectivity index (χ3v) is 5.82. The molecule has 5 nitrogen and oxygen atoms in total. The third kappa shape index (κ3) is 4.58. The van der Waals surface area contributed by atoms with Gasteiger partial charge in [-0.05, 0) is 6.92 Å². The Bertz CT molecular complexity index is 555. The van der Waals surface area contributed by atoms with Crippen LogP contribution in [0.25, 0.3) is 0 Å². The summed E-state index contributed by atoms with van der Waals surface area (Å²) in [4.78, 5) is 14.9. The van der Waals surface area contributed by atoms with Gasteiger partial charge in [-0.3, -0.25) is 4.79 Å². The van der Waals surface area contributed by atoms with Crippen molar-refractivity contribution in [2.45, 2.75) is 50.5 Å². The van der Waals surface area contributed by atoms with Gasteiger partial charge in [-0.1, -0.05) is 20.8 Å². The molecule has 0 aliphatic heterocycles. The van der Waals surface area contributed by atoms with E-state index in [0.29, 0.717) is 5.01 Å². The standard InChI is InChI=1S/C12H19NO4S2/c1-8(5-11(14)15)19(16,17)7-10-13-9(6-18-10)12(2,3)4/h6,8H,5,7H2,1-4H3,(H,14,15). The van der Waals surface area contributed by atoms with Crippen molar-refractivity contribution in [1.29, 1.82) is 0 Å². The van der Waals surface area contributed by atoms with E-state index in [1.807, 2.05) is 26.2 Å². The molecule has 0 aromatic carbocycles. The quantitative estimate of drug-likeness (QED) is 0.901. The molecular weight excluding hydrogens is 286 g/mol. The van der Waals surface area contributed by atoms with Crippen molar-refractivity contribution < 1.29 is 18.3 Å². The number of sulfone groups is 1. The van der Waals surface area contributed by atoms with Crippen LogP contribution in [0.15, 0.2) is 5.38 Å². The number of aliphatic carboxylic acids is 1. The van der Waals surface area contributed by atoms with Crippen LogP contribution in [0.2, 0.25) is 0 Å². The molecule has 1 heterocycles. The van der Waals surface area contributed by atoms with E-state index in [-0.39, 0.29) is 17.6 Å². The number of aromatic nitrogens is 1. The lowest BCUT2D eigenvalue weighted by Crippen LogP contribution is -2.23. The van der Waals surface area contributed by atoms with Crippen LogP contribution in [0, 0.1) is 0 Å². The molecule has 7 heteroatoms. The highest BCUT2D eigenvalue weighted by Crippen LogP contribution is 2.25. The van der Waals surface area contributed by atoms with Crippen LogP contribution in [-0.2, 0) is 25.8 Å². The SMILES string of the molecule is CC(CC(=O)O)S(=O)(=O)Cc1nc(C(C)(C)C)cs1. The molecule has 0 amide bonds. The Morgan fingerprint density at radius 2 is 2.05 bits per heavy atom. The fraction of sp³-hybridized carbons (Fsp3) is 0.667. The van der Waals surface area contributed by atoms with Crippen LogP contribution < -0.4 is 0 Å². The van der Waals surface area contributed by atoms with Crippen molar-refractivity contribution in [3.05, 3.63) is 16.1 Å². The minimum Gasteiger partial charge on any atom is -0.481 e. The maximum Gasteiger partial charge on any atom is 0.304 e. The third-order valence-electron chi connectivity index (χ3n) is 2.72. The van der Waals surface area contributed by atoms with E-state index in [0.717, 1.165) is 5.69 Å². The number of rotatable bonds is 5. The first-order chi connectivity index (χ1) is 8.52. The van der Waals surface area contributed by atoms with Gasteiger partial charge in [0.2, 0.25) is 0 Å². The summed E-state index contributed by atoms with van der Waals surface area (Å²) in [6.07, 6.45) is -0.375. The van der Waals surface area contributed by atoms with Gasteiger partial charge in [-0.25, -0.2) is 13.4 Å². The number of carboxylic acid groups (broad SMARTS) is 1. The van der Waals surface area contributed by atoms with E-state index >= 15 is 0 Å². The van der Waals surface area contributed by atoms with Crippen molar-refractivity contribution in [3.8, 4) is 0 Å². The van der Waals surface area contributed by atoms with E-state index in [9.17, 15) is 13.2 Å². The van der Waals surface area contributed by atoms with Crippen LogP contribution in [0.4, 0.5) is 0 Å². The Balaban J connectivity index is 2.84. The molecule has 0 radical (unpaired) electrons. The zero-order valence-electron chi connectivity index (χ0n) is 11.5. The lowest BCUT2D eigenvalue weighted by atomic mass is 9.93. The molecule has 1 aromatic heterocycles. The second-order valence-electron chi connectivity index (χ2n) is 5.59. The highest BCUT2D eigenvalue weighted by Gasteiger charge is 2.26. The molecule has 0 spiro atoms. The van der Waals surface area contributed by atoms with Crippen molar-refractivity contribution in [3.63, 3.8) is 0 Å². The fourth-order valence-electron chi connectivity index (χ4n) is 1.41. The highest BCUT2D eigenvalue weighted by molar-refractivity contribution is 7.91. The smallest absolute Gasteiger partial charge is 0.304 e. The second kappa shape index (κ2) is 5.58. The van der Waals surface area contributed by atoms with Crippen molar-refractivity contribution in [2.75, 3.05) is 0 Å². The molecule has 1 atom stereocenters. The molecule has 0 fully saturated rings. The number of nitrogens with zero attached hydrogens (tertiary/aromatic N) is 1. The summed E-state index contributed by atoms with van der Waals surface area (Å²) in [7, 11) is -3.47. The highest BCUT2D eigenvalue weighted by atomic mass is 32.2. The topological polar surface area (TPSA) is 84.3 Å². The molecule has 1 aromatic rings. The van der Waals surface area contributed by atoms with E-state index < -0.39 is 21.1 Å². The predicted octanol–water partition coefficient (Wildman–Crippen LogP) is 2.22. The van der Waals surface area contributed by atoms with E-state index in [1.165, 1.54) is 18.3 Å². The molecule has 19 heavy (non-hydrogen) atoms. The van der Waals surface area contributed by atoms with Crippen molar-refractivity contribution >= 4 is 27.1 Å². The lowest BCUT2D eigenvalue weighted by molar-refractivity contribution is -0.136. The van der Waals surface area contributed by atoms with Crippen molar-refractivity contribution in [2.24, 2.45) is 0 Å². The first-order valence-electron chi connectivity index (χ1n) is 5.90. The summed E-state index contributed by atoms with van der Waals surface area (Å²) in [5.74, 6) is -1.30. The number of hydrogen-bond donors (Lipinski definition) is 1. The van der Waals surface area contributed by atoms with Crippen LogP contribution in [0.1, 0.15) is 44.8 Å². The van der Waals surface area contributed by atoms with E-state index in [2.05, 4.69) is 4.98 Å². The van der Waals surface area contributed by atoms with Gasteiger partial charge in [-0.15, -0.1) is 11.3 Å². The summed E-state index contributed by atoms with van der Waals surface area (Å²) in [6, 6.07) is 0. The maximum absolute atomic E-state index is 12.0. The minimum atomic E-state index is -3.47. The Labute approximate surface area is 117 Å². The first-order valence-corrected chi connectivity index (χ1v) is 8.50. The molecule has 0 aliphatic rings. The van der Waals surface area contributed by atoms with E-state index in [4.69, 9.17) is 5.11 Å². The van der Waals surface area contributed by atoms with Crippen LogP contribution in [-0.4, -0.2) is 29.7 Å². The first kappa shape index (κ1) is 16.1. The average molecular weight is 305 g/mol. The summed E-state index contributed by atoms with van der Waals surface area (Å²) >= 11 is 1.30. The fourth-order valence-corrected chi connectivity index (χ4v) is 4.07. The van der Waals surface area contributed by atoms with Gasteiger partial charge in [0, 0.05) is 10.8 Å². The summed E-state index contributed by atoms with van der Waals surface area (Å²) in [6.45, 7) is 7.44. The van der Waals surface area contributed by atoms with Crippen LogP contribution >= 0.6 is 11.3 Å². The number of thiazole rings is 1. The Morgan fingerprint density at radius 3 is 2.47 bits per heavy atom. The monoisotopic (exact) mass is 305 g/mol. The largest absolute Gasteiger partial charge is 0.481 e. The molecular formula is C12H19NO4S2. The normalized spacial score (nSPS) is 14.3. The number of hydrogen-bond acceptors (Lipinski definition) is 5. The Hall–Kier alpha value is -0.950. The van der Waals surface area contributed by atoms with Gasteiger partial charge in [0.1, 0.15) is 10.8 Å². The molecule has 1 N–H and O–H groups in total. The Morgan fingerprint density at radius 1 is 1.47 bits per heavy atom. The summed E-state index contributed by atoms with van der Waals surface area (Å²) in [5, 5.41) is 10.1. The van der Waals surface area contributed by atoms with Gasteiger partial charge in [0.25, 0.3) is 0 Å². The maximum atomic E-state index is 12.0. The van der Waals surface area contributed by atoms with Crippen LogP contribution in [0.5, 0.6) is 0 Å². The second-order valence-corrected chi connectivity index (χ2v) is 8.95. The minimum absolute atomic E-state index is 0.120. The van der Waals surface area contributed by atoms with E-state index in [1.54, 1.807) is 0 Å². The predicted molar refractivity (Wildman–Crippen MR) is 75.2 cm³/mol. The lowest BCUT2D eigenvalue weighted by Gasteiger charge is -2.14. The summed E-state index contributed by atoms with van der Waals surface area (Å²) < 4.78 is 24.0. The summed E-state index contributed by atoms with van der Waals surface area (Å²) in [5.41, 5.74) is 0.735. The number of carbonyl (C=O) groups is 1. The van der Waals surface area contributed by atoms with Crippen LogP contribution in [0.3, 0.4) is 0 Å². The zero-order chi connectivity index (χ0) is 14.8. The van der Waals surface area contributed by atoms with Gasteiger partial charge in [0.05, 0.1) is 17.4 Å². The van der Waals surface area contributed by atoms with Gasteiger partial charge < -0.3 is 5.11 Å². The van der Waals surface area contributed by atoms with Gasteiger partial charge in [0.15, 0.2) is 9.84 Å². The number of carboxylic acids is 1. The molecule has 1 unspecified atom stereocenters. The molecule has 0 saturated carbocycles. The molecule has 0 aliphatic carbocycles. The molecule has 0 bridgehead atoms. The molecule has 108 valence electrons. The van der Waals surface area contributed by atoms with Gasteiger partial charge in [-0.2, -0.15) is 0 Å². The average Bonchev–Trinajstić information content (AvgIpc) is 2.63. The molecule has 1 rings (SSSR count). The van der Waals surface area contributed by atoms with Crippen molar-refractivity contribution in [1.82, 2.24) is 4.98 Å². The zero-order valence-corrected chi connectivity index (χ0v) is 13.1. The van der Waals surface area contributed by atoms with Gasteiger partial charge >= 0.3 is 5.97 Å². The molecule has 0 saturated heterocycles. The Kier molecular flexibility index (Phi) is 4.73.